The Labute approximate surface area is 245 Å². The van der Waals surface area contributed by atoms with Gasteiger partial charge in [-0.05, 0) is 79.7 Å². The molecule has 40 heavy (non-hydrogen) atoms. The van der Waals surface area contributed by atoms with E-state index in [4.69, 9.17) is 4.98 Å². The molecule has 1 aliphatic heterocycles. The number of thiazole rings is 1. The van der Waals surface area contributed by atoms with Crippen LogP contribution in [-0.2, 0) is 23.0 Å². The Morgan fingerprint density at radius 3 is 2.45 bits per heavy atom. The van der Waals surface area contributed by atoms with Crippen molar-refractivity contribution >= 4 is 71.9 Å². The van der Waals surface area contributed by atoms with E-state index in [1.807, 2.05) is 24.3 Å². The standard InChI is InChI=1S/C28H23FN4O3S3.ClH/c1-33-15-14-21-24(16-33)38-28(25(21)27-30-22-4-2-3-5-23(22)37-27)31-26(34)17-6-10-19(11-7-17)32-39(35,36)20-12-8-18(29)9-13-20;/h2-13,32H,14-16H2,1H3,(H,31,34);1H. The Bertz CT molecular complexity index is 1770. The van der Waals surface area contributed by atoms with Crippen LogP contribution in [0.25, 0.3) is 20.8 Å². The van der Waals surface area contributed by atoms with Gasteiger partial charge in [0.25, 0.3) is 15.9 Å². The molecular formula is C28H24ClFN4O3S3. The summed E-state index contributed by atoms with van der Waals surface area (Å²) in [5, 5.41) is 4.75. The molecule has 2 aromatic heterocycles. The normalized spacial score (nSPS) is 13.4. The zero-order valence-electron chi connectivity index (χ0n) is 21.2. The lowest BCUT2D eigenvalue weighted by Gasteiger charge is -2.22. The molecule has 0 unspecified atom stereocenters. The minimum absolute atomic E-state index is 0. The van der Waals surface area contributed by atoms with Crippen molar-refractivity contribution in [1.29, 1.82) is 0 Å². The number of amides is 1. The van der Waals surface area contributed by atoms with Crippen LogP contribution in [0.4, 0.5) is 15.1 Å². The quantitative estimate of drug-likeness (QED) is 0.224. The Balaban J connectivity index is 0.00000323. The lowest BCUT2D eigenvalue weighted by Crippen LogP contribution is -2.25. The van der Waals surface area contributed by atoms with Gasteiger partial charge in [0.2, 0.25) is 0 Å². The number of carbonyl (C=O) groups excluding carboxylic acids is 1. The number of nitrogens with one attached hydrogen (secondary N) is 2. The summed E-state index contributed by atoms with van der Waals surface area (Å²) in [7, 11) is -1.80. The van der Waals surface area contributed by atoms with Gasteiger partial charge in [-0.2, -0.15) is 0 Å². The van der Waals surface area contributed by atoms with Crippen LogP contribution < -0.4 is 10.0 Å². The van der Waals surface area contributed by atoms with E-state index in [1.54, 1.807) is 34.8 Å². The molecule has 1 aliphatic rings. The predicted molar refractivity (Wildman–Crippen MR) is 162 cm³/mol. The van der Waals surface area contributed by atoms with Crippen molar-refractivity contribution in [3.05, 3.63) is 94.6 Å². The van der Waals surface area contributed by atoms with Crippen LogP contribution in [0.1, 0.15) is 20.8 Å². The summed E-state index contributed by atoms with van der Waals surface area (Å²) in [6.07, 6.45) is 0.881. The molecule has 5 aromatic rings. The van der Waals surface area contributed by atoms with Gasteiger partial charge in [0, 0.05) is 34.8 Å². The number of halogens is 2. The topological polar surface area (TPSA) is 91.4 Å². The number of anilines is 2. The summed E-state index contributed by atoms with van der Waals surface area (Å²) in [6, 6.07) is 18.8. The van der Waals surface area contributed by atoms with Crippen molar-refractivity contribution in [1.82, 2.24) is 9.88 Å². The zero-order valence-corrected chi connectivity index (χ0v) is 24.4. The number of sulfonamides is 1. The first kappa shape index (κ1) is 28.2. The second kappa shape index (κ2) is 11.3. The van der Waals surface area contributed by atoms with Gasteiger partial charge in [0.15, 0.2) is 0 Å². The monoisotopic (exact) mass is 614 g/mol. The average Bonchev–Trinajstić information content (AvgIpc) is 3.49. The first-order valence-electron chi connectivity index (χ1n) is 12.2. The van der Waals surface area contributed by atoms with Crippen LogP contribution in [0.15, 0.2) is 77.7 Å². The third kappa shape index (κ3) is 5.61. The van der Waals surface area contributed by atoms with Crippen LogP contribution in [-0.4, -0.2) is 37.8 Å². The minimum Gasteiger partial charge on any atom is -0.313 e. The molecule has 3 heterocycles. The number of hydrogen-bond donors (Lipinski definition) is 2. The van der Waals surface area contributed by atoms with E-state index >= 15 is 0 Å². The number of thiophene rings is 1. The number of benzene rings is 3. The molecule has 206 valence electrons. The zero-order chi connectivity index (χ0) is 27.1. The lowest BCUT2D eigenvalue weighted by molar-refractivity contribution is 0.102. The summed E-state index contributed by atoms with van der Waals surface area (Å²) in [4.78, 5) is 21.6. The van der Waals surface area contributed by atoms with E-state index in [-0.39, 0.29) is 23.2 Å². The molecule has 0 bridgehead atoms. The molecule has 6 rings (SSSR count). The Morgan fingerprint density at radius 2 is 1.73 bits per heavy atom. The first-order valence-corrected chi connectivity index (χ1v) is 15.3. The van der Waals surface area contributed by atoms with Gasteiger partial charge < -0.3 is 10.2 Å². The number of likely N-dealkylation sites (N-methyl/N-ethyl adjacent to an activating group) is 1. The van der Waals surface area contributed by atoms with Gasteiger partial charge in [0.1, 0.15) is 15.8 Å². The van der Waals surface area contributed by atoms with Gasteiger partial charge >= 0.3 is 0 Å². The van der Waals surface area contributed by atoms with E-state index in [2.05, 4.69) is 22.0 Å². The van der Waals surface area contributed by atoms with Gasteiger partial charge in [-0.15, -0.1) is 35.1 Å². The van der Waals surface area contributed by atoms with E-state index in [0.29, 0.717) is 11.3 Å². The summed E-state index contributed by atoms with van der Waals surface area (Å²) >= 11 is 3.19. The summed E-state index contributed by atoms with van der Waals surface area (Å²) in [6.45, 7) is 1.75. The van der Waals surface area contributed by atoms with Crippen LogP contribution in [0, 0.1) is 5.82 Å². The second-order valence-corrected chi connectivity index (χ2v) is 13.1. The number of fused-ring (bicyclic) bond motifs is 2. The van der Waals surface area contributed by atoms with E-state index < -0.39 is 15.8 Å². The van der Waals surface area contributed by atoms with Crippen LogP contribution in [0.2, 0.25) is 0 Å². The molecule has 1 amide bonds. The number of carbonyl (C=O) groups is 1. The number of aromatic nitrogens is 1. The fourth-order valence-electron chi connectivity index (χ4n) is 4.52. The fourth-order valence-corrected chi connectivity index (χ4v) is 8.01. The molecule has 0 aliphatic carbocycles. The number of rotatable bonds is 6. The van der Waals surface area contributed by atoms with E-state index in [9.17, 15) is 17.6 Å². The SMILES string of the molecule is CN1CCc2c(sc(NC(=O)c3ccc(NS(=O)(=O)c4ccc(F)cc4)cc3)c2-c2nc3ccccc3s2)C1.Cl. The molecule has 2 N–H and O–H groups in total. The highest BCUT2D eigenvalue weighted by Gasteiger charge is 2.27. The summed E-state index contributed by atoms with van der Waals surface area (Å²) in [5.41, 5.74) is 3.83. The van der Waals surface area contributed by atoms with Gasteiger partial charge in [0.05, 0.1) is 15.1 Å². The van der Waals surface area contributed by atoms with Crippen molar-refractivity contribution in [2.75, 3.05) is 23.6 Å². The first-order chi connectivity index (χ1) is 18.8. The fraction of sp³-hybridized carbons (Fsp3) is 0.143. The maximum absolute atomic E-state index is 13.3. The molecule has 0 spiro atoms. The third-order valence-electron chi connectivity index (χ3n) is 6.51. The molecule has 12 heteroatoms. The lowest BCUT2D eigenvalue weighted by atomic mass is 10.0. The molecule has 7 nitrogen and oxygen atoms in total. The molecule has 0 saturated heterocycles. The van der Waals surface area contributed by atoms with Crippen molar-refractivity contribution in [3.63, 3.8) is 0 Å². The van der Waals surface area contributed by atoms with Crippen LogP contribution >= 0.6 is 35.1 Å². The van der Waals surface area contributed by atoms with Gasteiger partial charge in [-0.25, -0.2) is 17.8 Å². The smallest absolute Gasteiger partial charge is 0.261 e. The Morgan fingerprint density at radius 1 is 1.00 bits per heavy atom. The third-order valence-corrected chi connectivity index (χ3v) is 10.1. The van der Waals surface area contributed by atoms with E-state index in [1.165, 1.54) is 34.7 Å². The largest absolute Gasteiger partial charge is 0.313 e. The van der Waals surface area contributed by atoms with Crippen molar-refractivity contribution < 1.29 is 17.6 Å². The number of para-hydroxylation sites is 1. The second-order valence-electron chi connectivity index (χ2n) is 9.27. The van der Waals surface area contributed by atoms with E-state index in [0.717, 1.165) is 57.4 Å². The van der Waals surface area contributed by atoms with Gasteiger partial charge in [-0.1, -0.05) is 12.1 Å². The Hall–Kier alpha value is -3.35. The summed E-state index contributed by atoms with van der Waals surface area (Å²) < 4.78 is 41.9. The highest BCUT2D eigenvalue weighted by molar-refractivity contribution is 7.92. The molecule has 0 atom stereocenters. The minimum atomic E-state index is -3.89. The van der Waals surface area contributed by atoms with Crippen LogP contribution in [0.3, 0.4) is 0 Å². The number of hydrogen-bond acceptors (Lipinski definition) is 7. The predicted octanol–water partition coefficient (Wildman–Crippen LogP) is 6.63. The highest BCUT2D eigenvalue weighted by atomic mass is 35.5. The van der Waals surface area contributed by atoms with Crippen LogP contribution in [0.5, 0.6) is 0 Å². The molecule has 0 saturated carbocycles. The van der Waals surface area contributed by atoms with Crippen molar-refractivity contribution in [3.8, 4) is 10.6 Å². The molecule has 0 radical (unpaired) electrons. The molecule has 0 fully saturated rings. The average molecular weight is 615 g/mol. The van der Waals surface area contributed by atoms with Gasteiger partial charge in [-0.3, -0.25) is 9.52 Å². The van der Waals surface area contributed by atoms with Crippen molar-refractivity contribution in [2.45, 2.75) is 17.9 Å². The molecular weight excluding hydrogens is 591 g/mol. The maximum atomic E-state index is 13.3. The Kier molecular flexibility index (Phi) is 7.94. The molecule has 3 aromatic carbocycles. The van der Waals surface area contributed by atoms with Crippen molar-refractivity contribution in [2.24, 2.45) is 0 Å². The highest BCUT2D eigenvalue weighted by Crippen LogP contribution is 2.45. The number of nitrogens with zero attached hydrogens (tertiary/aromatic N) is 2. The maximum Gasteiger partial charge on any atom is 0.261 e. The summed E-state index contributed by atoms with van der Waals surface area (Å²) in [5.74, 6) is -0.813.